The fourth-order valence-corrected chi connectivity index (χ4v) is 4.52. The van der Waals surface area contributed by atoms with E-state index in [1.165, 1.54) is 17.3 Å². The van der Waals surface area contributed by atoms with Crippen molar-refractivity contribution in [1.29, 1.82) is 0 Å². The first kappa shape index (κ1) is 17.9. The standard InChI is InChI=1S/C19H18N4O2S2/c1-9-5-7-13(8-6-9)17-22-23-19(25-17)27-12(4)15-20-16(24)14-10(2)11(3)26-18(14)21-15/h5-8,12H,1-4H3,(H,20,21,24). The summed E-state index contributed by atoms with van der Waals surface area (Å²) < 4.78 is 5.77. The molecule has 8 heteroatoms. The van der Waals surface area contributed by atoms with Crippen LogP contribution in [0.4, 0.5) is 0 Å². The summed E-state index contributed by atoms with van der Waals surface area (Å²) in [5.41, 5.74) is 2.95. The zero-order valence-corrected chi connectivity index (χ0v) is 17.0. The number of thiophene rings is 1. The lowest BCUT2D eigenvalue weighted by atomic mass is 10.1. The average Bonchev–Trinajstić information content (AvgIpc) is 3.20. The molecule has 1 atom stereocenters. The molecule has 0 bridgehead atoms. The Morgan fingerprint density at radius 2 is 1.89 bits per heavy atom. The molecule has 0 saturated heterocycles. The molecule has 0 aliphatic rings. The fraction of sp³-hybridized carbons (Fsp3) is 0.263. The van der Waals surface area contributed by atoms with Crippen LogP contribution in [0.2, 0.25) is 0 Å². The Kier molecular flexibility index (Phi) is 4.61. The SMILES string of the molecule is Cc1ccc(-c2nnc(SC(C)c3nc4sc(C)c(C)c4c(=O)[nH]3)o2)cc1. The van der Waals surface area contributed by atoms with Crippen LogP contribution >= 0.6 is 23.1 Å². The van der Waals surface area contributed by atoms with Crippen molar-refractivity contribution in [3.8, 4) is 11.5 Å². The molecule has 0 aliphatic heterocycles. The maximum absolute atomic E-state index is 12.5. The summed E-state index contributed by atoms with van der Waals surface area (Å²) in [6.45, 7) is 7.94. The summed E-state index contributed by atoms with van der Waals surface area (Å²) in [5.74, 6) is 1.08. The lowest BCUT2D eigenvalue weighted by Gasteiger charge is -2.07. The summed E-state index contributed by atoms with van der Waals surface area (Å²) in [5, 5.41) is 9.22. The van der Waals surface area contributed by atoms with Crippen LogP contribution in [-0.4, -0.2) is 20.2 Å². The van der Waals surface area contributed by atoms with Crippen molar-refractivity contribution in [2.24, 2.45) is 0 Å². The Balaban J connectivity index is 1.59. The van der Waals surface area contributed by atoms with Gasteiger partial charge in [0.2, 0.25) is 5.89 Å². The quantitative estimate of drug-likeness (QED) is 0.497. The van der Waals surface area contributed by atoms with Crippen LogP contribution in [-0.2, 0) is 0 Å². The van der Waals surface area contributed by atoms with E-state index in [0.29, 0.717) is 22.3 Å². The van der Waals surface area contributed by atoms with Crippen LogP contribution in [0.3, 0.4) is 0 Å². The molecule has 0 aliphatic carbocycles. The third-order valence-corrected chi connectivity index (χ3v) is 6.47. The summed E-state index contributed by atoms with van der Waals surface area (Å²) in [6, 6.07) is 7.91. The summed E-state index contributed by atoms with van der Waals surface area (Å²) in [4.78, 5) is 21.9. The van der Waals surface area contributed by atoms with Gasteiger partial charge < -0.3 is 9.40 Å². The molecule has 4 rings (SSSR count). The lowest BCUT2D eigenvalue weighted by Crippen LogP contribution is -2.12. The van der Waals surface area contributed by atoms with E-state index >= 15 is 0 Å². The zero-order chi connectivity index (χ0) is 19.1. The maximum Gasteiger partial charge on any atom is 0.277 e. The van der Waals surface area contributed by atoms with Crippen molar-refractivity contribution in [3.05, 3.63) is 56.4 Å². The summed E-state index contributed by atoms with van der Waals surface area (Å²) in [7, 11) is 0. The van der Waals surface area contributed by atoms with Gasteiger partial charge in [0.1, 0.15) is 10.7 Å². The summed E-state index contributed by atoms with van der Waals surface area (Å²) >= 11 is 2.92. The Morgan fingerprint density at radius 3 is 2.63 bits per heavy atom. The number of rotatable bonds is 4. The van der Waals surface area contributed by atoms with Crippen LogP contribution in [0.15, 0.2) is 38.7 Å². The number of hydrogen-bond acceptors (Lipinski definition) is 7. The van der Waals surface area contributed by atoms with Gasteiger partial charge >= 0.3 is 0 Å². The number of H-pyrrole nitrogens is 1. The second kappa shape index (κ2) is 6.94. The Morgan fingerprint density at radius 1 is 1.15 bits per heavy atom. The number of nitrogens with one attached hydrogen (secondary N) is 1. The molecule has 3 aromatic heterocycles. The molecule has 0 fully saturated rings. The van der Waals surface area contributed by atoms with Gasteiger partial charge in [-0.1, -0.05) is 29.5 Å². The minimum Gasteiger partial charge on any atom is -0.411 e. The van der Waals surface area contributed by atoms with Crippen molar-refractivity contribution in [2.75, 3.05) is 0 Å². The number of aromatic amines is 1. The highest BCUT2D eigenvalue weighted by molar-refractivity contribution is 7.99. The molecular weight excluding hydrogens is 380 g/mol. The van der Waals surface area contributed by atoms with Gasteiger partial charge in [0.25, 0.3) is 10.8 Å². The molecule has 1 unspecified atom stereocenters. The first-order valence-electron chi connectivity index (χ1n) is 8.49. The molecule has 4 aromatic rings. The second-order valence-electron chi connectivity index (χ2n) is 6.41. The van der Waals surface area contributed by atoms with E-state index in [1.807, 2.05) is 52.0 Å². The minimum absolute atomic E-state index is 0.102. The van der Waals surface area contributed by atoms with Gasteiger partial charge in [-0.05, 0) is 45.4 Å². The summed E-state index contributed by atoms with van der Waals surface area (Å²) in [6.07, 6.45) is 0. The minimum atomic E-state index is -0.129. The molecule has 138 valence electrons. The van der Waals surface area contributed by atoms with Gasteiger partial charge in [0.05, 0.1) is 10.6 Å². The Labute approximate surface area is 164 Å². The van der Waals surface area contributed by atoms with Crippen LogP contribution in [0.25, 0.3) is 21.7 Å². The normalized spacial score (nSPS) is 12.6. The third kappa shape index (κ3) is 3.42. The Bertz CT molecular complexity index is 1170. The van der Waals surface area contributed by atoms with E-state index in [2.05, 4.69) is 20.2 Å². The highest BCUT2D eigenvalue weighted by Gasteiger charge is 2.19. The molecule has 0 spiro atoms. The second-order valence-corrected chi connectivity index (χ2v) is 8.91. The van der Waals surface area contributed by atoms with Crippen LogP contribution in [0.1, 0.15) is 34.0 Å². The molecule has 0 amide bonds. The van der Waals surface area contributed by atoms with E-state index in [4.69, 9.17) is 4.42 Å². The largest absolute Gasteiger partial charge is 0.411 e. The predicted octanol–water partition coefficient (Wildman–Crippen LogP) is 4.81. The molecule has 0 saturated carbocycles. The maximum atomic E-state index is 12.5. The number of thioether (sulfide) groups is 1. The average molecular weight is 399 g/mol. The van der Waals surface area contributed by atoms with E-state index in [9.17, 15) is 4.79 Å². The number of aromatic nitrogens is 4. The highest BCUT2D eigenvalue weighted by Crippen LogP contribution is 2.34. The topological polar surface area (TPSA) is 84.7 Å². The predicted molar refractivity (Wildman–Crippen MR) is 108 cm³/mol. The Hall–Kier alpha value is -2.45. The van der Waals surface area contributed by atoms with Gasteiger partial charge in [0, 0.05) is 10.4 Å². The number of benzene rings is 1. The van der Waals surface area contributed by atoms with Gasteiger partial charge in [-0.2, -0.15) is 0 Å². The van der Waals surface area contributed by atoms with Crippen molar-refractivity contribution in [1.82, 2.24) is 20.2 Å². The lowest BCUT2D eigenvalue weighted by molar-refractivity contribution is 0.465. The molecule has 1 aromatic carbocycles. The van der Waals surface area contributed by atoms with Crippen LogP contribution in [0.5, 0.6) is 0 Å². The first-order valence-corrected chi connectivity index (χ1v) is 10.2. The van der Waals surface area contributed by atoms with E-state index in [0.717, 1.165) is 20.8 Å². The van der Waals surface area contributed by atoms with Crippen LogP contribution < -0.4 is 5.56 Å². The molecule has 6 nitrogen and oxygen atoms in total. The highest BCUT2D eigenvalue weighted by atomic mass is 32.2. The van der Waals surface area contributed by atoms with Gasteiger partial charge in [-0.3, -0.25) is 4.79 Å². The zero-order valence-electron chi connectivity index (χ0n) is 15.4. The van der Waals surface area contributed by atoms with Crippen molar-refractivity contribution < 1.29 is 4.42 Å². The smallest absolute Gasteiger partial charge is 0.277 e. The van der Waals surface area contributed by atoms with Gasteiger partial charge in [-0.25, -0.2) is 4.98 Å². The van der Waals surface area contributed by atoms with Crippen molar-refractivity contribution >= 4 is 33.3 Å². The van der Waals surface area contributed by atoms with Crippen LogP contribution in [0, 0.1) is 20.8 Å². The molecule has 1 N–H and O–H groups in total. The number of fused-ring (bicyclic) bond motifs is 1. The van der Waals surface area contributed by atoms with E-state index in [1.54, 1.807) is 11.3 Å². The molecule has 27 heavy (non-hydrogen) atoms. The first-order chi connectivity index (χ1) is 12.9. The molecule has 3 heterocycles. The number of aryl methyl sites for hydroxylation is 3. The third-order valence-electron chi connectivity index (χ3n) is 4.43. The monoisotopic (exact) mass is 398 g/mol. The van der Waals surface area contributed by atoms with Gasteiger partial charge in [-0.15, -0.1) is 21.5 Å². The van der Waals surface area contributed by atoms with E-state index < -0.39 is 0 Å². The number of hydrogen-bond donors (Lipinski definition) is 1. The van der Waals surface area contributed by atoms with Crippen molar-refractivity contribution in [2.45, 2.75) is 38.2 Å². The number of nitrogens with zero attached hydrogens (tertiary/aromatic N) is 3. The molecule has 0 radical (unpaired) electrons. The van der Waals surface area contributed by atoms with Gasteiger partial charge in [0.15, 0.2) is 0 Å². The van der Waals surface area contributed by atoms with Crippen molar-refractivity contribution in [3.63, 3.8) is 0 Å². The molecular formula is C19H18N4O2S2. The van der Waals surface area contributed by atoms with E-state index in [-0.39, 0.29) is 10.8 Å². The fourth-order valence-electron chi connectivity index (χ4n) is 2.74.